The van der Waals surface area contributed by atoms with Gasteiger partial charge in [0.05, 0.1) is 5.52 Å². The predicted octanol–water partition coefficient (Wildman–Crippen LogP) is 4.36. The summed E-state index contributed by atoms with van der Waals surface area (Å²) in [5.41, 5.74) is 2.56. The SMILES string of the molecule is CCn1c2ccncc2c2c3ccccc3ccc21. The topological polar surface area (TPSA) is 17.8 Å². The zero-order valence-corrected chi connectivity index (χ0v) is 10.8. The van der Waals surface area contributed by atoms with E-state index in [1.807, 2.05) is 12.4 Å². The van der Waals surface area contributed by atoms with Gasteiger partial charge < -0.3 is 4.57 Å². The fraction of sp³-hybridized carbons (Fsp3) is 0.118. The summed E-state index contributed by atoms with van der Waals surface area (Å²) in [6.07, 6.45) is 3.85. The zero-order valence-electron chi connectivity index (χ0n) is 10.8. The number of nitrogens with zero attached hydrogens (tertiary/aromatic N) is 2. The molecule has 2 nitrogen and oxygen atoms in total. The molecule has 0 aliphatic rings. The quantitative estimate of drug-likeness (QED) is 0.488. The molecule has 2 heterocycles. The van der Waals surface area contributed by atoms with Gasteiger partial charge in [-0.25, -0.2) is 0 Å². The molecule has 0 saturated heterocycles. The van der Waals surface area contributed by atoms with Gasteiger partial charge in [0.2, 0.25) is 0 Å². The second-order valence-corrected chi connectivity index (χ2v) is 4.82. The molecular weight excluding hydrogens is 232 g/mol. The monoisotopic (exact) mass is 246 g/mol. The summed E-state index contributed by atoms with van der Waals surface area (Å²) in [6, 6.07) is 15.1. The number of aromatic nitrogens is 2. The van der Waals surface area contributed by atoms with Crippen LogP contribution >= 0.6 is 0 Å². The van der Waals surface area contributed by atoms with Crippen molar-refractivity contribution in [3.63, 3.8) is 0 Å². The summed E-state index contributed by atoms with van der Waals surface area (Å²) in [5.74, 6) is 0. The lowest BCUT2D eigenvalue weighted by molar-refractivity contribution is 0.827. The van der Waals surface area contributed by atoms with Crippen LogP contribution in [0.5, 0.6) is 0 Å². The summed E-state index contributed by atoms with van der Waals surface area (Å²) in [4.78, 5) is 4.30. The van der Waals surface area contributed by atoms with E-state index < -0.39 is 0 Å². The molecular formula is C17H14N2. The van der Waals surface area contributed by atoms with Crippen LogP contribution in [0, 0.1) is 0 Å². The smallest absolute Gasteiger partial charge is 0.0522 e. The van der Waals surface area contributed by atoms with Crippen molar-refractivity contribution in [1.29, 1.82) is 0 Å². The van der Waals surface area contributed by atoms with Gasteiger partial charge in [0, 0.05) is 35.2 Å². The van der Waals surface area contributed by atoms with Crippen molar-refractivity contribution in [2.24, 2.45) is 0 Å². The Morgan fingerprint density at radius 3 is 2.74 bits per heavy atom. The van der Waals surface area contributed by atoms with Gasteiger partial charge in [-0.05, 0) is 29.8 Å². The molecule has 0 spiro atoms. The number of aryl methyl sites for hydroxylation is 1. The summed E-state index contributed by atoms with van der Waals surface area (Å²) >= 11 is 0. The van der Waals surface area contributed by atoms with Crippen molar-refractivity contribution in [3.8, 4) is 0 Å². The normalized spacial score (nSPS) is 11.6. The van der Waals surface area contributed by atoms with Crippen LogP contribution in [0.15, 0.2) is 54.9 Å². The van der Waals surface area contributed by atoms with Gasteiger partial charge in [-0.3, -0.25) is 4.98 Å². The Labute approximate surface area is 111 Å². The first-order chi connectivity index (χ1) is 9.40. The molecule has 0 aliphatic heterocycles. The molecule has 0 saturated carbocycles. The minimum Gasteiger partial charge on any atom is -0.341 e. The molecule has 0 fully saturated rings. The van der Waals surface area contributed by atoms with E-state index >= 15 is 0 Å². The van der Waals surface area contributed by atoms with E-state index in [2.05, 4.69) is 58.9 Å². The average Bonchev–Trinajstić information content (AvgIpc) is 2.81. The van der Waals surface area contributed by atoms with Gasteiger partial charge in [-0.2, -0.15) is 0 Å². The van der Waals surface area contributed by atoms with Gasteiger partial charge in [0.1, 0.15) is 0 Å². The molecule has 0 aliphatic carbocycles. The highest BCUT2D eigenvalue weighted by atomic mass is 15.0. The van der Waals surface area contributed by atoms with Crippen LogP contribution in [0.1, 0.15) is 6.92 Å². The van der Waals surface area contributed by atoms with Crippen LogP contribution in [0.4, 0.5) is 0 Å². The zero-order chi connectivity index (χ0) is 12.8. The number of hydrogen-bond donors (Lipinski definition) is 0. The summed E-state index contributed by atoms with van der Waals surface area (Å²) < 4.78 is 2.36. The van der Waals surface area contributed by atoms with Crippen molar-refractivity contribution in [1.82, 2.24) is 9.55 Å². The number of hydrogen-bond acceptors (Lipinski definition) is 1. The van der Waals surface area contributed by atoms with Crippen LogP contribution in [0.2, 0.25) is 0 Å². The van der Waals surface area contributed by atoms with E-state index in [1.54, 1.807) is 0 Å². The molecule has 2 aromatic heterocycles. The van der Waals surface area contributed by atoms with E-state index in [-0.39, 0.29) is 0 Å². The van der Waals surface area contributed by atoms with Crippen molar-refractivity contribution < 1.29 is 0 Å². The molecule has 0 unspecified atom stereocenters. The molecule has 0 amide bonds. The number of rotatable bonds is 1. The first-order valence-electron chi connectivity index (χ1n) is 6.64. The Morgan fingerprint density at radius 1 is 0.947 bits per heavy atom. The van der Waals surface area contributed by atoms with Gasteiger partial charge >= 0.3 is 0 Å². The van der Waals surface area contributed by atoms with Gasteiger partial charge in [0.15, 0.2) is 0 Å². The van der Waals surface area contributed by atoms with E-state index in [1.165, 1.54) is 32.6 Å². The number of fused-ring (bicyclic) bond motifs is 5. The standard InChI is InChI=1S/C17H14N2/c1-2-19-15-9-10-18-11-14(15)17-13-6-4-3-5-12(13)7-8-16(17)19/h3-11H,2H2,1H3. The maximum absolute atomic E-state index is 4.30. The van der Waals surface area contributed by atoms with Crippen molar-refractivity contribution >= 4 is 32.6 Å². The van der Waals surface area contributed by atoms with Crippen LogP contribution < -0.4 is 0 Å². The third-order valence-electron chi connectivity index (χ3n) is 3.87. The van der Waals surface area contributed by atoms with Crippen LogP contribution in [-0.4, -0.2) is 9.55 Å². The molecule has 0 bridgehead atoms. The Hall–Kier alpha value is -2.35. The van der Waals surface area contributed by atoms with Gasteiger partial charge in [0.25, 0.3) is 0 Å². The molecule has 0 radical (unpaired) electrons. The predicted molar refractivity (Wildman–Crippen MR) is 80.4 cm³/mol. The third kappa shape index (κ3) is 1.34. The van der Waals surface area contributed by atoms with Crippen molar-refractivity contribution in [2.75, 3.05) is 0 Å². The minimum atomic E-state index is 0.975. The Kier molecular flexibility index (Phi) is 2.12. The Bertz CT molecular complexity index is 903. The Balaban J connectivity index is 2.37. The van der Waals surface area contributed by atoms with Gasteiger partial charge in [-0.15, -0.1) is 0 Å². The third-order valence-corrected chi connectivity index (χ3v) is 3.87. The maximum Gasteiger partial charge on any atom is 0.0522 e. The van der Waals surface area contributed by atoms with E-state index in [4.69, 9.17) is 0 Å². The molecule has 2 aromatic carbocycles. The second-order valence-electron chi connectivity index (χ2n) is 4.82. The summed E-state index contributed by atoms with van der Waals surface area (Å²) in [5, 5.41) is 5.17. The molecule has 0 atom stereocenters. The summed E-state index contributed by atoms with van der Waals surface area (Å²) in [6.45, 7) is 3.16. The number of pyridine rings is 1. The van der Waals surface area contributed by atoms with Crippen LogP contribution in [0.3, 0.4) is 0 Å². The van der Waals surface area contributed by atoms with E-state index in [9.17, 15) is 0 Å². The lowest BCUT2D eigenvalue weighted by Crippen LogP contribution is -1.92. The fourth-order valence-corrected chi connectivity index (χ4v) is 3.05. The minimum absolute atomic E-state index is 0.975. The molecule has 4 aromatic rings. The highest BCUT2D eigenvalue weighted by molar-refractivity contribution is 6.20. The largest absolute Gasteiger partial charge is 0.341 e. The highest BCUT2D eigenvalue weighted by Crippen LogP contribution is 2.33. The molecule has 0 N–H and O–H groups in total. The lowest BCUT2D eigenvalue weighted by atomic mass is 10.0. The van der Waals surface area contributed by atoms with Gasteiger partial charge in [-0.1, -0.05) is 30.3 Å². The second kappa shape index (κ2) is 3.82. The average molecular weight is 246 g/mol. The lowest BCUT2D eigenvalue weighted by Gasteiger charge is -2.03. The Morgan fingerprint density at radius 2 is 1.84 bits per heavy atom. The summed E-state index contributed by atoms with van der Waals surface area (Å²) in [7, 11) is 0. The molecule has 92 valence electrons. The van der Waals surface area contributed by atoms with Crippen molar-refractivity contribution in [2.45, 2.75) is 13.5 Å². The van der Waals surface area contributed by atoms with Crippen LogP contribution in [-0.2, 0) is 6.54 Å². The number of benzene rings is 2. The molecule has 4 rings (SSSR count). The van der Waals surface area contributed by atoms with Crippen molar-refractivity contribution in [3.05, 3.63) is 54.9 Å². The van der Waals surface area contributed by atoms with E-state index in [0.29, 0.717) is 0 Å². The molecule has 19 heavy (non-hydrogen) atoms. The maximum atomic E-state index is 4.30. The van der Waals surface area contributed by atoms with Crippen LogP contribution in [0.25, 0.3) is 32.6 Å². The molecule has 2 heteroatoms. The van der Waals surface area contributed by atoms with E-state index in [0.717, 1.165) is 6.54 Å². The highest BCUT2D eigenvalue weighted by Gasteiger charge is 2.11. The fourth-order valence-electron chi connectivity index (χ4n) is 3.05. The first-order valence-corrected chi connectivity index (χ1v) is 6.64. The first kappa shape index (κ1) is 10.6.